The van der Waals surface area contributed by atoms with Crippen LogP contribution in [0.15, 0.2) is 54.6 Å². The van der Waals surface area contributed by atoms with Crippen LogP contribution < -0.4 is 15.5 Å². The summed E-state index contributed by atoms with van der Waals surface area (Å²) in [5.74, 6) is -1.32. The third kappa shape index (κ3) is 4.47. The smallest absolute Gasteiger partial charge is 0.313 e. The number of carbonyl (C=O) groups excluding carboxylic acids is 3. The second-order valence-corrected chi connectivity index (χ2v) is 6.14. The Bertz CT molecular complexity index is 805. The van der Waals surface area contributed by atoms with Crippen molar-refractivity contribution in [1.82, 2.24) is 5.32 Å². The summed E-state index contributed by atoms with van der Waals surface area (Å²) in [4.78, 5) is 37.5. The van der Waals surface area contributed by atoms with Crippen LogP contribution in [0.4, 0.5) is 11.4 Å². The average molecular weight is 351 g/mol. The molecule has 0 atom stereocenters. The molecule has 1 aliphatic rings. The molecule has 2 aromatic carbocycles. The minimum Gasteiger partial charge on any atom is -0.347 e. The predicted octanol–water partition coefficient (Wildman–Crippen LogP) is 2.11. The Morgan fingerprint density at radius 1 is 1.00 bits per heavy atom. The zero-order valence-electron chi connectivity index (χ0n) is 14.4. The molecule has 1 fully saturated rings. The van der Waals surface area contributed by atoms with E-state index in [2.05, 4.69) is 10.6 Å². The Morgan fingerprint density at radius 2 is 1.81 bits per heavy atom. The molecule has 0 radical (unpaired) electrons. The Morgan fingerprint density at radius 3 is 2.54 bits per heavy atom. The molecule has 1 saturated heterocycles. The van der Waals surface area contributed by atoms with Crippen molar-refractivity contribution in [3.05, 3.63) is 60.2 Å². The number of amides is 3. The first-order chi connectivity index (χ1) is 12.6. The second-order valence-electron chi connectivity index (χ2n) is 6.14. The zero-order chi connectivity index (χ0) is 18.4. The quantitative estimate of drug-likeness (QED) is 0.810. The van der Waals surface area contributed by atoms with Gasteiger partial charge in [0.2, 0.25) is 5.91 Å². The van der Waals surface area contributed by atoms with E-state index in [0.717, 1.165) is 17.7 Å². The third-order valence-corrected chi connectivity index (χ3v) is 4.24. The highest BCUT2D eigenvalue weighted by atomic mass is 16.2. The van der Waals surface area contributed by atoms with Gasteiger partial charge in [0.05, 0.1) is 0 Å². The first-order valence-corrected chi connectivity index (χ1v) is 8.67. The fourth-order valence-corrected chi connectivity index (χ4v) is 2.91. The molecule has 0 unspecified atom stereocenters. The molecular weight excluding hydrogens is 330 g/mol. The van der Waals surface area contributed by atoms with Crippen LogP contribution in [0.25, 0.3) is 0 Å². The molecule has 1 aliphatic heterocycles. The topological polar surface area (TPSA) is 78.5 Å². The number of rotatable bonds is 5. The maximum atomic E-state index is 12.0. The number of anilines is 2. The Balaban J connectivity index is 1.52. The highest BCUT2D eigenvalue weighted by molar-refractivity contribution is 6.39. The normalized spacial score (nSPS) is 13.5. The highest BCUT2D eigenvalue weighted by Gasteiger charge is 2.22. The van der Waals surface area contributed by atoms with Gasteiger partial charge in [-0.25, -0.2) is 0 Å². The van der Waals surface area contributed by atoms with Gasteiger partial charge in [0.25, 0.3) is 0 Å². The van der Waals surface area contributed by atoms with Crippen LogP contribution in [-0.4, -0.2) is 30.8 Å². The number of nitrogens with one attached hydrogen (secondary N) is 2. The summed E-state index contributed by atoms with van der Waals surface area (Å²) in [5, 5.41) is 5.19. The molecule has 134 valence electrons. The van der Waals surface area contributed by atoms with Gasteiger partial charge in [-0.15, -0.1) is 0 Å². The second kappa shape index (κ2) is 8.29. The fraction of sp³-hybridized carbons (Fsp3) is 0.250. The van der Waals surface area contributed by atoms with Gasteiger partial charge in [0.1, 0.15) is 0 Å². The van der Waals surface area contributed by atoms with E-state index in [1.807, 2.05) is 36.4 Å². The predicted molar refractivity (Wildman–Crippen MR) is 99.8 cm³/mol. The minimum absolute atomic E-state index is 0.0760. The van der Waals surface area contributed by atoms with Crippen molar-refractivity contribution in [1.29, 1.82) is 0 Å². The van der Waals surface area contributed by atoms with Crippen molar-refractivity contribution in [2.45, 2.75) is 19.3 Å². The van der Waals surface area contributed by atoms with Crippen molar-refractivity contribution in [3.8, 4) is 0 Å². The lowest BCUT2D eigenvalue weighted by Crippen LogP contribution is -2.36. The minimum atomic E-state index is -0.719. The number of hydrogen-bond acceptors (Lipinski definition) is 3. The summed E-state index contributed by atoms with van der Waals surface area (Å²) in [6.45, 7) is 1.06. The summed E-state index contributed by atoms with van der Waals surface area (Å²) in [6.07, 6.45) is 2.03. The van der Waals surface area contributed by atoms with E-state index in [4.69, 9.17) is 0 Å². The first-order valence-electron chi connectivity index (χ1n) is 8.67. The van der Waals surface area contributed by atoms with Gasteiger partial charge in [-0.3, -0.25) is 14.4 Å². The summed E-state index contributed by atoms with van der Waals surface area (Å²) in [5.41, 5.74) is 2.32. The molecule has 3 rings (SSSR count). The first kappa shape index (κ1) is 17.7. The monoisotopic (exact) mass is 351 g/mol. The van der Waals surface area contributed by atoms with Crippen molar-refractivity contribution in [3.63, 3.8) is 0 Å². The van der Waals surface area contributed by atoms with E-state index < -0.39 is 11.8 Å². The number of carbonyl (C=O) groups is 3. The van der Waals surface area contributed by atoms with Crippen LogP contribution in [0.1, 0.15) is 18.4 Å². The van der Waals surface area contributed by atoms with Gasteiger partial charge in [-0.05, 0) is 36.6 Å². The van der Waals surface area contributed by atoms with Gasteiger partial charge >= 0.3 is 11.8 Å². The van der Waals surface area contributed by atoms with Crippen molar-refractivity contribution in [2.75, 3.05) is 23.3 Å². The molecule has 6 heteroatoms. The number of hydrogen-bond donors (Lipinski definition) is 2. The number of benzene rings is 2. The van der Waals surface area contributed by atoms with Gasteiger partial charge in [0.15, 0.2) is 0 Å². The molecule has 0 aromatic heterocycles. The van der Waals surface area contributed by atoms with Gasteiger partial charge in [-0.1, -0.05) is 36.4 Å². The van der Waals surface area contributed by atoms with Crippen LogP contribution in [0.2, 0.25) is 0 Å². The lowest BCUT2D eigenvalue weighted by atomic mass is 10.1. The van der Waals surface area contributed by atoms with E-state index >= 15 is 0 Å². The standard InChI is InChI=1S/C20H21N3O3/c24-18-10-5-13-23(18)17-9-4-8-16(14-17)22-20(26)19(25)21-12-11-15-6-2-1-3-7-15/h1-4,6-9,14H,5,10-13H2,(H,21,25)(H,22,26). The van der Waals surface area contributed by atoms with Crippen molar-refractivity contribution in [2.24, 2.45) is 0 Å². The zero-order valence-corrected chi connectivity index (χ0v) is 14.4. The van der Waals surface area contributed by atoms with Gasteiger partial charge in [0, 0.05) is 30.9 Å². The molecule has 0 spiro atoms. The molecule has 0 aliphatic carbocycles. The molecule has 0 bridgehead atoms. The average Bonchev–Trinajstić information content (AvgIpc) is 3.08. The van der Waals surface area contributed by atoms with E-state index in [0.29, 0.717) is 31.6 Å². The maximum absolute atomic E-state index is 12.0. The largest absolute Gasteiger partial charge is 0.347 e. The summed E-state index contributed by atoms with van der Waals surface area (Å²) in [7, 11) is 0. The molecule has 6 nitrogen and oxygen atoms in total. The molecule has 3 amide bonds. The van der Waals surface area contributed by atoms with E-state index in [-0.39, 0.29) is 5.91 Å². The molecule has 2 aromatic rings. The van der Waals surface area contributed by atoms with Gasteiger partial charge in [-0.2, -0.15) is 0 Å². The van der Waals surface area contributed by atoms with Crippen LogP contribution in [0.5, 0.6) is 0 Å². The van der Waals surface area contributed by atoms with Crippen LogP contribution in [0, 0.1) is 0 Å². The van der Waals surface area contributed by atoms with E-state index in [1.165, 1.54) is 0 Å². The molecular formula is C20H21N3O3. The van der Waals surface area contributed by atoms with E-state index in [1.54, 1.807) is 23.1 Å². The van der Waals surface area contributed by atoms with Crippen LogP contribution in [0.3, 0.4) is 0 Å². The lowest BCUT2D eigenvalue weighted by Gasteiger charge is -2.16. The Kier molecular flexibility index (Phi) is 5.63. The lowest BCUT2D eigenvalue weighted by molar-refractivity contribution is -0.136. The van der Waals surface area contributed by atoms with E-state index in [9.17, 15) is 14.4 Å². The SMILES string of the molecule is O=C(NCCc1ccccc1)C(=O)Nc1cccc(N2CCCC2=O)c1. The van der Waals surface area contributed by atoms with Crippen molar-refractivity contribution >= 4 is 29.1 Å². The Labute approximate surface area is 152 Å². The summed E-state index contributed by atoms with van der Waals surface area (Å²) >= 11 is 0. The summed E-state index contributed by atoms with van der Waals surface area (Å²) in [6, 6.07) is 16.7. The Hall–Kier alpha value is -3.15. The van der Waals surface area contributed by atoms with Crippen molar-refractivity contribution < 1.29 is 14.4 Å². The van der Waals surface area contributed by atoms with Crippen LogP contribution >= 0.6 is 0 Å². The summed E-state index contributed by atoms with van der Waals surface area (Å²) < 4.78 is 0. The molecule has 0 saturated carbocycles. The molecule has 1 heterocycles. The highest BCUT2D eigenvalue weighted by Crippen LogP contribution is 2.24. The fourth-order valence-electron chi connectivity index (χ4n) is 2.91. The molecule has 2 N–H and O–H groups in total. The third-order valence-electron chi connectivity index (χ3n) is 4.24. The van der Waals surface area contributed by atoms with Gasteiger partial charge < -0.3 is 15.5 Å². The van der Waals surface area contributed by atoms with Crippen LogP contribution in [-0.2, 0) is 20.8 Å². The number of nitrogens with zero attached hydrogens (tertiary/aromatic N) is 1. The maximum Gasteiger partial charge on any atom is 0.313 e. The molecule has 26 heavy (non-hydrogen) atoms.